The predicted molar refractivity (Wildman–Crippen MR) is 95.0 cm³/mol. The quantitative estimate of drug-likeness (QED) is 0.796. The Morgan fingerprint density at radius 2 is 2.19 bits per heavy atom. The SMILES string of the molecule is Cc1c(C(=O)OCC(=O)NC2CCCCNC2=O)oc2ccc(Cl)cc12. The van der Waals surface area contributed by atoms with Gasteiger partial charge in [0.15, 0.2) is 6.61 Å². The zero-order chi connectivity index (χ0) is 18.7. The maximum atomic E-state index is 12.2. The van der Waals surface area contributed by atoms with Crippen molar-refractivity contribution in [2.45, 2.75) is 32.2 Å². The Kier molecular flexibility index (Phi) is 5.46. The first-order valence-corrected chi connectivity index (χ1v) is 8.76. The van der Waals surface area contributed by atoms with Gasteiger partial charge in [-0.1, -0.05) is 11.6 Å². The highest BCUT2D eigenvalue weighted by atomic mass is 35.5. The summed E-state index contributed by atoms with van der Waals surface area (Å²) in [7, 11) is 0. The average Bonchev–Trinajstić information content (AvgIpc) is 2.80. The highest BCUT2D eigenvalue weighted by molar-refractivity contribution is 6.31. The molecule has 2 amide bonds. The minimum Gasteiger partial charge on any atom is -0.450 e. The summed E-state index contributed by atoms with van der Waals surface area (Å²) in [6.07, 6.45) is 2.28. The highest BCUT2D eigenvalue weighted by Gasteiger charge is 2.24. The lowest BCUT2D eigenvalue weighted by atomic mass is 10.1. The zero-order valence-corrected chi connectivity index (χ0v) is 15.0. The van der Waals surface area contributed by atoms with Crippen molar-refractivity contribution in [3.8, 4) is 0 Å². The van der Waals surface area contributed by atoms with E-state index in [0.29, 0.717) is 34.5 Å². The van der Waals surface area contributed by atoms with Gasteiger partial charge in [0.25, 0.3) is 5.91 Å². The molecule has 0 spiro atoms. The smallest absolute Gasteiger partial charge is 0.375 e. The molecule has 1 saturated heterocycles. The van der Waals surface area contributed by atoms with E-state index in [1.807, 2.05) is 0 Å². The van der Waals surface area contributed by atoms with Gasteiger partial charge >= 0.3 is 5.97 Å². The molecule has 0 bridgehead atoms. The van der Waals surface area contributed by atoms with Gasteiger partial charge in [-0.15, -0.1) is 0 Å². The number of hydrogen-bond donors (Lipinski definition) is 2. The molecule has 1 fully saturated rings. The molecule has 1 aliphatic heterocycles. The number of esters is 1. The zero-order valence-electron chi connectivity index (χ0n) is 14.3. The molecule has 1 aromatic heterocycles. The highest BCUT2D eigenvalue weighted by Crippen LogP contribution is 2.28. The predicted octanol–water partition coefficient (Wildman–Crippen LogP) is 2.34. The molecule has 0 aliphatic carbocycles. The molecule has 0 radical (unpaired) electrons. The van der Waals surface area contributed by atoms with Gasteiger partial charge in [-0.25, -0.2) is 4.79 Å². The molecule has 3 rings (SSSR count). The van der Waals surface area contributed by atoms with Crippen molar-refractivity contribution < 1.29 is 23.5 Å². The second kappa shape index (κ2) is 7.78. The number of ether oxygens (including phenoxy) is 1. The van der Waals surface area contributed by atoms with Crippen molar-refractivity contribution in [2.24, 2.45) is 0 Å². The summed E-state index contributed by atoms with van der Waals surface area (Å²) in [6.45, 7) is 1.84. The largest absolute Gasteiger partial charge is 0.450 e. The Labute approximate surface area is 155 Å². The molecule has 1 aromatic carbocycles. The van der Waals surface area contributed by atoms with E-state index in [1.165, 1.54) is 0 Å². The first-order valence-electron chi connectivity index (χ1n) is 8.38. The Morgan fingerprint density at radius 1 is 1.38 bits per heavy atom. The fraction of sp³-hybridized carbons (Fsp3) is 0.389. The maximum absolute atomic E-state index is 12.2. The van der Waals surface area contributed by atoms with Crippen LogP contribution in [0.4, 0.5) is 0 Å². The number of aryl methyl sites for hydroxylation is 1. The van der Waals surface area contributed by atoms with Crippen LogP contribution in [0, 0.1) is 6.92 Å². The molecular formula is C18H19ClN2O5. The molecule has 138 valence electrons. The Balaban J connectivity index is 1.61. The summed E-state index contributed by atoms with van der Waals surface area (Å²) in [5, 5.41) is 6.56. The molecule has 7 nitrogen and oxygen atoms in total. The molecule has 2 heterocycles. The van der Waals surface area contributed by atoms with Crippen LogP contribution in [0.25, 0.3) is 11.0 Å². The van der Waals surface area contributed by atoms with Crippen LogP contribution in [0.5, 0.6) is 0 Å². The third-order valence-electron chi connectivity index (χ3n) is 4.29. The molecule has 0 saturated carbocycles. The van der Waals surface area contributed by atoms with Crippen LogP contribution in [0.2, 0.25) is 5.02 Å². The number of halogens is 1. The summed E-state index contributed by atoms with van der Waals surface area (Å²) in [5.41, 5.74) is 1.11. The van der Waals surface area contributed by atoms with E-state index in [9.17, 15) is 14.4 Å². The maximum Gasteiger partial charge on any atom is 0.375 e. The van der Waals surface area contributed by atoms with E-state index in [2.05, 4.69) is 10.6 Å². The van der Waals surface area contributed by atoms with E-state index in [-0.39, 0.29) is 11.7 Å². The Hall–Kier alpha value is -2.54. The standard InChI is InChI=1S/C18H19ClN2O5/c1-10-12-8-11(19)5-6-14(12)26-16(10)18(24)25-9-15(22)21-13-4-2-3-7-20-17(13)23/h5-6,8,13H,2-4,7,9H2,1H3,(H,20,23)(H,21,22). The van der Waals surface area contributed by atoms with Gasteiger partial charge in [-0.2, -0.15) is 0 Å². The van der Waals surface area contributed by atoms with Crippen LogP contribution in [0.1, 0.15) is 35.4 Å². The van der Waals surface area contributed by atoms with Crippen LogP contribution >= 0.6 is 11.6 Å². The number of rotatable bonds is 4. The second-order valence-corrected chi connectivity index (χ2v) is 6.62. The fourth-order valence-corrected chi connectivity index (χ4v) is 3.07. The number of carbonyl (C=O) groups is 3. The third kappa shape index (κ3) is 3.99. The molecule has 1 aliphatic rings. The van der Waals surface area contributed by atoms with Crippen molar-refractivity contribution in [2.75, 3.05) is 13.2 Å². The molecule has 8 heteroatoms. The normalized spacial score (nSPS) is 17.5. The number of hydrogen-bond acceptors (Lipinski definition) is 5. The van der Waals surface area contributed by atoms with E-state index in [1.54, 1.807) is 25.1 Å². The molecular weight excluding hydrogens is 360 g/mol. The Morgan fingerprint density at radius 3 is 3.00 bits per heavy atom. The van der Waals surface area contributed by atoms with Crippen LogP contribution in [-0.2, 0) is 14.3 Å². The molecule has 1 atom stereocenters. The first-order chi connectivity index (χ1) is 12.5. The van der Waals surface area contributed by atoms with E-state index < -0.39 is 24.5 Å². The lowest BCUT2D eigenvalue weighted by Crippen LogP contribution is -2.46. The summed E-state index contributed by atoms with van der Waals surface area (Å²) >= 11 is 5.95. The number of benzene rings is 1. The lowest BCUT2D eigenvalue weighted by molar-refractivity contribution is -0.130. The average molecular weight is 379 g/mol. The minimum atomic E-state index is -0.740. The van der Waals surface area contributed by atoms with Crippen molar-refractivity contribution in [3.63, 3.8) is 0 Å². The van der Waals surface area contributed by atoms with E-state index >= 15 is 0 Å². The van der Waals surface area contributed by atoms with Gasteiger partial charge in [-0.05, 0) is 44.4 Å². The van der Waals surface area contributed by atoms with Crippen LogP contribution < -0.4 is 10.6 Å². The monoisotopic (exact) mass is 378 g/mol. The van der Waals surface area contributed by atoms with Crippen LogP contribution in [0.3, 0.4) is 0 Å². The summed E-state index contributed by atoms with van der Waals surface area (Å²) in [4.78, 5) is 36.0. The Bertz CT molecular complexity index is 861. The minimum absolute atomic E-state index is 0.0299. The summed E-state index contributed by atoms with van der Waals surface area (Å²) in [5.74, 6) is -1.46. The lowest BCUT2D eigenvalue weighted by Gasteiger charge is -2.14. The van der Waals surface area contributed by atoms with Crippen molar-refractivity contribution >= 4 is 40.4 Å². The molecule has 26 heavy (non-hydrogen) atoms. The number of amides is 2. The molecule has 1 unspecified atom stereocenters. The van der Waals surface area contributed by atoms with Crippen molar-refractivity contribution in [1.82, 2.24) is 10.6 Å². The second-order valence-electron chi connectivity index (χ2n) is 6.18. The fourth-order valence-electron chi connectivity index (χ4n) is 2.90. The van der Waals surface area contributed by atoms with Crippen LogP contribution in [0.15, 0.2) is 22.6 Å². The van der Waals surface area contributed by atoms with Gasteiger partial charge < -0.3 is 19.8 Å². The number of nitrogens with one attached hydrogen (secondary N) is 2. The molecule has 2 N–H and O–H groups in total. The number of fused-ring (bicyclic) bond motifs is 1. The molecule has 2 aromatic rings. The number of carbonyl (C=O) groups excluding carboxylic acids is 3. The van der Waals surface area contributed by atoms with Gasteiger partial charge in [0.05, 0.1) is 0 Å². The summed E-state index contributed by atoms with van der Waals surface area (Å²) < 4.78 is 10.5. The van der Waals surface area contributed by atoms with Gasteiger partial charge in [0.1, 0.15) is 11.6 Å². The van der Waals surface area contributed by atoms with Gasteiger partial charge in [-0.3, -0.25) is 9.59 Å². The van der Waals surface area contributed by atoms with E-state index in [0.717, 1.165) is 12.8 Å². The van der Waals surface area contributed by atoms with Crippen LogP contribution in [-0.4, -0.2) is 37.0 Å². The van der Waals surface area contributed by atoms with Crippen molar-refractivity contribution in [1.29, 1.82) is 0 Å². The first kappa shape index (κ1) is 18.3. The number of furan rings is 1. The topological polar surface area (TPSA) is 97.6 Å². The summed E-state index contributed by atoms with van der Waals surface area (Å²) in [6, 6.07) is 4.43. The van der Waals surface area contributed by atoms with Gasteiger partial charge in [0.2, 0.25) is 11.7 Å². The third-order valence-corrected chi connectivity index (χ3v) is 4.52. The van der Waals surface area contributed by atoms with Gasteiger partial charge in [0, 0.05) is 22.5 Å². The van der Waals surface area contributed by atoms with Crippen molar-refractivity contribution in [3.05, 3.63) is 34.5 Å². The van der Waals surface area contributed by atoms with E-state index in [4.69, 9.17) is 20.8 Å².